The van der Waals surface area contributed by atoms with E-state index in [4.69, 9.17) is 0 Å². The van der Waals surface area contributed by atoms with Gasteiger partial charge in [-0.15, -0.1) is 0 Å². The van der Waals surface area contributed by atoms with Crippen LogP contribution in [0.5, 0.6) is 0 Å². The van der Waals surface area contributed by atoms with Gasteiger partial charge in [0.2, 0.25) is 0 Å². The van der Waals surface area contributed by atoms with E-state index in [-0.39, 0.29) is 0 Å². The number of nitrogens with one attached hydrogen (secondary N) is 1. The summed E-state index contributed by atoms with van der Waals surface area (Å²) in [5.41, 5.74) is 0. The van der Waals surface area contributed by atoms with Crippen LogP contribution in [0.4, 0.5) is 5.82 Å². The molecule has 0 aliphatic rings. The molecule has 2 heterocycles. The average molecular weight is 232 g/mol. The Balaban J connectivity index is 2.12. The minimum atomic E-state index is 0.856. The first-order valence-corrected chi connectivity index (χ1v) is 5.84. The quantitative estimate of drug-likeness (QED) is 0.821. The third-order valence-corrected chi connectivity index (χ3v) is 2.81. The van der Waals surface area contributed by atoms with Gasteiger partial charge < -0.3 is 5.32 Å². The molecule has 0 fully saturated rings. The van der Waals surface area contributed by atoms with Gasteiger partial charge in [-0.2, -0.15) is 0 Å². The van der Waals surface area contributed by atoms with Gasteiger partial charge >= 0.3 is 0 Å². The highest BCUT2D eigenvalue weighted by molar-refractivity contribution is 7.99. The lowest BCUT2D eigenvalue weighted by Crippen LogP contribution is -1.99. The first kappa shape index (κ1) is 10.9. The van der Waals surface area contributed by atoms with Crippen molar-refractivity contribution in [3.8, 4) is 0 Å². The van der Waals surface area contributed by atoms with E-state index in [2.05, 4.69) is 20.3 Å². The molecule has 0 atom stereocenters. The number of hydrogen-bond donors (Lipinski definition) is 1. The van der Waals surface area contributed by atoms with Crippen LogP contribution in [0.3, 0.4) is 0 Å². The molecule has 16 heavy (non-hydrogen) atoms. The molecule has 2 aromatic rings. The maximum absolute atomic E-state index is 4.21. The highest BCUT2D eigenvalue weighted by Gasteiger charge is 2.00. The van der Waals surface area contributed by atoms with Gasteiger partial charge in [-0.1, -0.05) is 11.8 Å². The Kier molecular flexibility index (Phi) is 3.71. The first-order valence-electron chi connectivity index (χ1n) is 5.02. The Morgan fingerprint density at radius 3 is 2.81 bits per heavy atom. The van der Waals surface area contributed by atoms with Crippen molar-refractivity contribution in [2.24, 2.45) is 0 Å². The molecule has 82 valence electrons. The van der Waals surface area contributed by atoms with Crippen LogP contribution in [0.1, 0.15) is 6.92 Å². The smallest absolute Gasteiger partial charge is 0.130 e. The highest BCUT2D eigenvalue weighted by Crippen LogP contribution is 2.25. The zero-order valence-corrected chi connectivity index (χ0v) is 9.74. The molecule has 4 nitrogen and oxygen atoms in total. The van der Waals surface area contributed by atoms with Gasteiger partial charge in [0, 0.05) is 29.9 Å². The molecule has 0 saturated carbocycles. The van der Waals surface area contributed by atoms with Crippen molar-refractivity contribution in [2.45, 2.75) is 16.8 Å². The Bertz CT molecular complexity index is 447. The zero-order chi connectivity index (χ0) is 11.2. The summed E-state index contributed by atoms with van der Waals surface area (Å²) in [6.45, 7) is 2.90. The summed E-state index contributed by atoms with van der Waals surface area (Å²) in [7, 11) is 0. The highest BCUT2D eigenvalue weighted by atomic mass is 32.2. The minimum absolute atomic E-state index is 0.856. The number of aromatic nitrogens is 3. The van der Waals surface area contributed by atoms with Crippen molar-refractivity contribution in [3.05, 3.63) is 36.9 Å². The fourth-order valence-corrected chi connectivity index (χ4v) is 1.97. The van der Waals surface area contributed by atoms with E-state index in [1.165, 1.54) is 0 Å². The van der Waals surface area contributed by atoms with Gasteiger partial charge in [-0.25, -0.2) is 9.97 Å². The van der Waals surface area contributed by atoms with Crippen LogP contribution in [0.2, 0.25) is 0 Å². The predicted octanol–water partition coefficient (Wildman–Crippen LogP) is 2.45. The molecule has 0 saturated heterocycles. The second-order valence-electron chi connectivity index (χ2n) is 3.06. The first-order chi connectivity index (χ1) is 7.88. The molecule has 0 amide bonds. The molecule has 0 bridgehead atoms. The van der Waals surface area contributed by atoms with E-state index < -0.39 is 0 Å². The number of pyridine rings is 1. The summed E-state index contributed by atoms with van der Waals surface area (Å²) < 4.78 is 0. The molecule has 0 aromatic carbocycles. The van der Waals surface area contributed by atoms with Crippen LogP contribution in [0.15, 0.2) is 46.8 Å². The van der Waals surface area contributed by atoms with Crippen LogP contribution in [-0.4, -0.2) is 21.5 Å². The fourth-order valence-electron chi connectivity index (χ4n) is 1.20. The van der Waals surface area contributed by atoms with Crippen molar-refractivity contribution in [1.82, 2.24) is 15.0 Å². The molecule has 0 radical (unpaired) electrons. The lowest BCUT2D eigenvalue weighted by molar-refractivity contribution is 1.03. The van der Waals surface area contributed by atoms with Crippen molar-refractivity contribution >= 4 is 17.6 Å². The monoisotopic (exact) mass is 232 g/mol. The second kappa shape index (κ2) is 5.46. The molecule has 5 heteroatoms. The van der Waals surface area contributed by atoms with Crippen molar-refractivity contribution < 1.29 is 0 Å². The van der Waals surface area contributed by atoms with E-state index in [1.54, 1.807) is 30.5 Å². The third kappa shape index (κ3) is 2.93. The summed E-state index contributed by atoms with van der Waals surface area (Å²) in [6.07, 6.45) is 5.12. The Hall–Kier alpha value is -1.62. The topological polar surface area (TPSA) is 50.7 Å². The van der Waals surface area contributed by atoms with Gasteiger partial charge in [0.25, 0.3) is 0 Å². The predicted molar refractivity (Wildman–Crippen MR) is 64.6 cm³/mol. The third-order valence-electron chi connectivity index (χ3n) is 1.87. The van der Waals surface area contributed by atoms with E-state index in [0.717, 1.165) is 22.3 Å². The normalized spacial score (nSPS) is 10.1. The van der Waals surface area contributed by atoms with Gasteiger partial charge in [0.1, 0.15) is 17.2 Å². The van der Waals surface area contributed by atoms with Gasteiger partial charge in [0.15, 0.2) is 0 Å². The van der Waals surface area contributed by atoms with Crippen molar-refractivity contribution in [1.29, 1.82) is 0 Å². The molecule has 1 N–H and O–H groups in total. The number of nitrogens with zero attached hydrogens (tertiary/aromatic N) is 3. The number of hydrogen-bond acceptors (Lipinski definition) is 5. The second-order valence-corrected chi connectivity index (χ2v) is 4.15. The van der Waals surface area contributed by atoms with E-state index in [9.17, 15) is 0 Å². The standard InChI is InChI=1S/C11H12N4S/c1-2-13-10-7-11(15-8-14-10)16-9-3-5-12-6-4-9/h3-8H,2H2,1H3,(H,13,14,15). The van der Waals surface area contributed by atoms with Crippen LogP contribution >= 0.6 is 11.8 Å². The number of rotatable bonds is 4. The molecule has 0 spiro atoms. The number of anilines is 1. The summed E-state index contributed by atoms with van der Waals surface area (Å²) in [4.78, 5) is 13.4. The molecule has 2 aromatic heterocycles. The maximum atomic E-state index is 4.21. The Morgan fingerprint density at radius 1 is 1.25 bits per heavy atom. The summed E-state index contributed by atoms with van der Waals surface area (Å²) >= 11 is 1.60. The summed E-state index contributed by atoms with van der Waals surface area (Å²) in [5, 5.41) is 4.08. The summed E-state index contributed by atoms with van der Waals surface area (Å²) in [6, 6.07) is 5.86. The van der Waals surface area contributed by atoms with Gasteiger partial charge in [-0.05, 0) is 19.1 Å². The maximum Gasteiger partial charge on any atom is 0.130 e. The van der Waals surface area contributed by atoms with Gasteiger partial charge in [0.05, 0.1) is 0 Å². The average Bonchev–Trinajstić information content (AvgIpc) is 2.31. The van der Waals surface area contributed by atoms with E-state index >= 15 is 0 Å². The minimum Gasteiger partial charge on any atom is -0.370 e. The fraction of sp³-hybridized carbons (Fsp3) is 0.182. The lowest BCUT2D eigenvalue weighted by Gasteiger charge is -2.03. The summed E-state index contributed by atoms with van der Waals surface area (Å²) in [5.74, 6) is 0.856. The molecule has 0 aliphatic heterocycles. The molecule has 2 rings (SSSR count). The molecule has 0 aliphatic carbocycles. The Morgan fingerprint density at radius 2 is 2.06 bits per heavy atom. The van der Waals surface area contributed by atoms with Gasteiger partial charge in [-0.3, -0.25) is 4.98 Å². The van der Waals surface area contributed by atoms with E-state index in [1.807, 2.05) is 25.1 Å². The lowest BCUT2D eigenvalue weighted by atomic mass is 10.5. The Labute approximate surface area is 98.6 Å². The van der Waals surface area contributed by atoms with Crippen molar-refractivity contribution in [3.63, 3.8) is 0 Å². The molecular formula is C11H12N4S. The van der Waals surface area contributed by atoms with Crippen LogP contribution < -0.4 is 5.32 Å². The van der Waals surface area contributed by atoms with Crippen LogP contribution in [-0.2, 0) is 0 Å². The van der Waals surface area contributed by atoms with Crippen LogP contribution in [0, 0.1) is 0 Å². The van der Waals surface area contributed by atoms with Crippen molar-refractivity contribution in [2.75, 3.05) is 11.9 Å². The SMILES string of the molecule is CCNc1cc(Sc2ccncc2)ncn1. The molecular weight excluding hydrogens is 220 g/mol. The van der Waals surface area contributed by atoms with E-state index in [0.29, 0.717) is 0 Å². The van der Waals surface area contributed by atoms with Crippen LogP contribution in [0.25, 0.3) is 0 Å². The zero-order valence-electron chi connectivity index (χ0n) is 8.92. The molecule has 0 unspecified atom stereocenters. The largest absolute Gasteiger partial charge is 0.370 e.